The number of anilines is 1. The molecule has 0 aliphatic carbocycles. The lowest BCUT2D eigenvalue weighted by molar-refractivity contribution is 0.0696. The monoisotopic (exact) mass is 289 g/mol. The number of carbonyl (C=O) groups excluding carboxylic acids is 1. The van der Waals surface area contributed by atoms with Gasteiger partial charge in [-0.2, -0.15) is 0 Å². The first-order chi connectivity index (χ1) is 9.95. The molecule has 110 valence electrons. The van der Waals surface area contributed by atoms with E-state index in [-0.39, 0.29) is 11.6 Å². The Hall–Kier alpha value is -2.83. The molecular weight excluding hydrogens is 274 g/mol. The van der Waals surface area contributed by atoms with Gasteiger partial charge < -0.3 is 19.7 Å². The van der Waals surface area contributed by atoms with E-state index >= 15 is 0 Å². The molecule has 0 saturated heterocycles. The van der Waals surface area contributed by atoms with Crippen LogP contribution in [0.15, 0.2) is 35.0 Å². The SMILES string of the molecule is Cc1ccc(CN(C)C(=O)Nc2cncc(C(=O)O)c2)o1. The van der Waals surface area contributed by atoms with Gasteiger partial charge in [0.1, 0.15) is 11.5 Å². The first-order valence-electron chi connectivity index (χ1n) is 6.21. The minimum Gasteiger partial charge on any atom is -0.478 e. The first-order valence-corrected chi connectivity index (χ1v) is 6.21. The molecule has 0 unspecified atom stereocenters. The van der Waals surface area contributed by atoms with Crippen molar-refractivity contribution in [1.82, 2.24) is 9.88 Å². The van der Waals surface area contributed by atoms with E-state index in [9.17, 15) is 9.59 Å². The molecule has 2 aromatic heterocycles. The van der Waals surface area contributed by atoms with Crippen LogP contribution in [0.5, 0.6) is 0 Å². The summed E-state index contributed by atoms with van der Waals surface area (Å²) in [6.07, 6.45) is 2.60. The molecule has 0 bridgehead atoms. The summed E-state index contributed by atoms with van der Waals surface area (Å²) >= 11 is 0. The van der Waals surface area contributed by atoms with Crippen LogP contribution in [0.2, 0.25) is 0 Å². The number of nitrogens with zero attached hydrogens (tertiary/aromatic N) is 2. The Balaban J connectivity index is 2.00. The molecule has 2 aromatic rings. The van der Waals surface area contributed by atoms with Crippen LogP contribution in [0.4, 0.5) is 10.5 Å². The largest absolute Gasteiger partial charge is 0.478 e. The van der Waals surface area contributed by atoms with E-state index in [1.54, 1.807) is 13.1 Å². The number of hydrogen-bond donors (Lipinski definition) is 2. The molecule has 0 aliphatic rings. The van der Waals surface area contributed by atoms with Crippen molar-refractivity contribution in [3.63, 3.8) is 0 Å². The molecule has 2 amide bonds. The van der Waals surface area contributed by atoms with E-state index < -0.39 is 5.97 Å². The van der Waals surface area contributed by atoms with Crippen molar-refractivity contribution in [2.24, 2.45) is 0 Å². The lowest BCUT2D eigenvalue weighted by atomic mass is 10.2. The van der Waals surface area contributed by atoms with Crippen LogP contribution in [0.1, 0.15) is 21.9 Å². The van der Waals surface area contributed by atoms with Crippen LogP contribution in [0.3, 0.4) is 0 Å². The van der Waals surface area contributed by atoms with Crippen LogP contribution in [0.25, 0.3) is 0 Å². The Morgan fingerprint density at radius 2 is 2.14 bits per heavy atom. The number of aryl methyl sites for hydroxylation is 1. The number of carboxylic acid groups (broad SMARTS) is 1. The minimum absolute atomic E-state index is 0.0112. The van der Waals surface area contributed by atoms with Crippen LogP contribution in [0, 0.1) is 6.92 Å². The van der Waals surface area contributed by atoms with Crippen molar-refractivity contribution in [2.75, 3.05) is 12.4 Å². The molecule has 0 radical (unpaired) electrons. The molecule has 0 aliphatic heterocycles. The highest BCUT2D eigenvalue weighted by Gasteiger charge is 2.12. The number of aromatic nitrogens is 1. The summed E-state index contributed by atoms with van der Waals surface area (Å²) in [5.41, 5.74) is 0.333. The van der Waals surface area contributed by atoms with E-state index in [1.165, 1.54) is 23.4 Å². The summed E-state index contributed by atoms with van der Waals surface area (Å²) in [4.78, 5) is 28.0. The minimum atomic E-state index is -1.10. The third-order valence-electron chi connectivity index (χ3n) is 2.77. The summed E-state index contributed by atoms with van der Waals surface area (Å²) in [6, 6.07) is 4.58. The van der Waals surface area contributed by atoms with Gasteiger partial charge in [-0.3, -0.25) is 4.98 Å². The summed E-state index contributed by atoms with van der Waals surface area (Å²) < 4.78 is 5.39. The van der Waals surface area contributed by atoms with Gasteiger partial charge in [0.05, 0.1) is 24.0 Å². The second kappa shape index (κ2) is 6.08. The lowest BCUT2D eigenvalue weighted by Gasteiger charge is -2.16. The molecule has 2 rings (SSSR count). The summed E-state index contributed by atoms with van der Waals surface area (Å²) in [7, 11) is 1.61. The molecular formula is C14H15N3O4. The molecule has 7 heteroatoms. The smallest absolute Gasteiger partial charge is 0.337 e. The number of pyridine rings is 1. The molecule has 0 spiro atoms. The Morgan fingerprint density at radius 1 is 1.38 bits per heavy atom. The number of nitrogens with one attached hydrogen (secondary N) is 1. The zero-order valence-corrected chi connectivity index (χ0v) is 11.7. The average molecular weight is 289 g/mol. The maximum absolute atomic E-state index is 12.0. The maximum Gasteiger partial charge on any atom is 0.337 e. The Kier molecular flexibility index (Phi) is 4.22. The predicted molar refractivity (Wildman–Crippen MR) is 75.1 cm³/mol. The fraction of sp³-hybridized carbons (Fsp3) is 0.214. The predicted octanol–water partition coefficient (Wildman–Crippen LogP) is 2.35. The Bertz CT molecular complexity index is 666. The molecule has 2 N–H and O–H groups in total. The number of aromatic carboxylic acids is 1. The molecule has 21 heavy (non-hydrogen) atoms. The van der Waals surface area contributed by atoms with Gasteiger partial charge in [0.15, 0.2) is 0 Å². The summed E-state index contributed by atoms with van der Waals surface area (Å²) in [6.45, 7) is 2.14. The van der Waals surface area contributed by atoms with E-state index in [0.29, 0.717) is 18.0 Å². The van der Waals surface area contributed by atoms with Gasteiger partial charge in [0, 0.05) is 13.2 Å². The third kappa shape index (κ3) is 3.82. The van der Waals surface area contributed by atoms with E-state index in [0.717, 1.165) is 5.76 Å². The highest BCUT2D eigenvalue weighted by Crippen LogP contribution is 2.12. The Morgan fingerprint density at radius 3 is 2.76 bits per heavy atom. The molecule has 2 heterocycles. The molecule has 0 fully saturated rings. The number of urea groups is 1. The molecule has 0 atom stereocenters. The highest BCUT2D eigenvalue weighted by atomic mass is 16.4. The van der Waals surface area contributed by atoms with Crippen molar-refractivity contribution < 1.29 is 19.1 Å². The summed E-state index contributed by atoms with van der Waals surface area (Å²) in [5, 5.41) is 11.5. The normalized spacial score (nSPS) is 10.2. The fourth-order valence-electron chi connectivity index (χ4n) is 1.72. The van der Waals surface area contributed by atoms with Gasteiger partial charge in [0.25, 0.3) is 0 Å². The molecule has 7 nitrogen and oxygen atoms in total. The van der Waals surface area contributed by atoms with Crippen molar-refractivity contribution in [2.45, 2.75) is 13.5 Å². The van der Waals surface area contributed by atoms with Crippen LogP contribution in [-0.4, -0.2) is 34.0 Å². The molecule has 0 saturated carbocycles. The second-order valence-electron chi connectivity index (χ2n) is 4.57. The van der Waals surface area contributed by atoms with Crippen LogP contribution >= 0.6 is 0 Å². The van der Waals surface area contributed by atoms with Crippen molar-refractivity contribution >= 4 is 17.7 Å². The summed E-state index contributed by atoms with van der Waals surface area (Å²) in [5.74, 6) is 0.345. The van der Waals surface area contributed by atoms with Crippen molar-refractivity contribution in [3.05, 3.63) is 47.7 Å². The number of carbonyl (C=O) groups is 2. The first kappa shape index (κ1) is 14.6. The number of carboxylic acids is 1. The fourth-order valence-corrected chi connectivity index (χ4v) is 1.72. The maximum atomic E-state index is 12.0. The number of hydrogen-bond acceptors (Lipinski definition) is 4. The number of furan rings is 1. The number of amides is 2. The van der Waals surface area contributed by atoms with Crippen molar-refractivity contribution in [3.8, 4) is 0 Å². The average Bonchev–Trinajstić information content (AvgIpc) is 2.84. The number of rotatable bonds is 4. The second-order valence-corrected chi connectivity index (χ2v) is 4.57. The van der Waals surface area contributed by atoms with Crippen LogP contribution in [-0.2, 0) is 6.54 Å². The van der Waals surface area contributed by atoms with Gasteiger partial charge in [-0.25, -0.2) is 9.59 Å². The van der Waals surface area contributed by atoms with Gasteiger partial charge in [-0.15, -0.1) is 0 Å². The quantitative estimate of drug-likeness (QED) is 0.900. The molecule has 0 aromatic carbocycles. The van der Waals surface area contributed by atoms with E-state index in [2.05, 4.69) is 10.3 Å². The van der Waals surface area contributed by atoms with Crippen LogP contribution < -0.4 is 5.32 Å². The van der Waals surface area contributed by atoms with Gasteiger partial charge in [0.2, 0.25) is 0 Å². The zero-order valence-electron chi connectivity index (χ0n) is 11.7. The topological polar surface area (TPSA) is 95.7 Å². The zero-order chi connectivity index (χ0) is 15.4. The van der Waals surface area contributed by atoms with Gasteiger partial charge >= 0.3 is 12.0 Å². The highest BCUT2D eigenvalue weighted by molar-refractivity contribution is 5.92. The van der Waals surface area contributed by atoms with Gasteiger partial charge in [-0.1, -0.05) is 0 Å². The van der Waals surface area contributed by atoms with Gasteiger partial charge in [-0.05, 0) is 25.1 Å². The standard InChI is InChI=1S/C14H15N3O4/c1-9-3-4-12(21-9)8-17(2)14(20)16-11-5-10(13(18)19)6-15-7-11/h3-7H,8H2,1-2H3,(H,16,20)(H,18,19). The Labute approximate surface area is 121 Å². The third-order valence-corrected chi connectivity index (χ3v) is 2.77. The lowest BCUT2D eigenvalue weighted by Crippen LogP contribution is -2.30. The van der Waals surface area contributed by atoms with E-state index in [1.807, 2.05) is 13.0 Å². The van der Waals surface area contributed by atoms with Crippen molar-refractivity contribution in [1.29, 1.82) is 0 Å². The van der Waals surface area contributed by atoms with E-state index in [4.69, 9.17) is 9.52 Å².